The van der Waals surface area contributed by atoms with Gasteiger partial charge < -0.3 is 15.0 Å². The number of hydrogen-bond donors (Lipinski definition) is 3. The number of aromatic nitrogens is 1. The molecule has 4 rings (SSSR count). The highest BCUT2D eigenvalue weighted by Gasteiger charge is 2.29. The van der Waals surface area contributed by atoms with Crippen LogP contribution in [0.15, 0.2) is 24.4 Å². The molecule has 3 N–H and O–H groups in total. The lowest BCUT2D eigenvalue weighted by Crippen LogP contribution is -2.32. The average molecular weight is 359 g/mol. The Bertz CT molecular complexity index is 819. The molecular weight excluding hydrogens is 342 g/mol. The largest absolute Gasteiger partial charge is 0.362 e. The molecule has 25 heavy (non-hydrogen) atoms. The fourth-order valence-electron chi connectivity index (χ4n) is 2.80. The Hall–Kier alpha value is -2.42. The third kappa shape index (κ3) is 3.37. The van der Waals surface area contributed by atoms with Gasteiger partial charge in [-0.1, -0.05) is 0 Å². The first kappa shape index (κ1) is 16.1. The van der Waals surface area contributed by atoms with Crippen LogP contribution in [-0.4, -0.2) is 29.7 Å². The average Bonchev–Trinajstić information content (AvgIpc) is 3.33. The molecule has 2 aromatic rings. The van der Waals surface area contributed by atoms with Gasteiger partial charge in [0.1, 0.15) is 5.00 Å². The monoisotopic (exact) mass is 359 g/mol. The van der Waals surface area contributed by atoms with Crippen LogP contribution in [0.5, 0.6) is 0 Å². The number of anilines is 1. The van der Waals surface area contributed by atoms with Crippen LogP contribution in [0.2, 0.25) is 0 Å². The Labute approximate surface area is 148 Å². The minimum absolute atomic E-state index is 0.172. The molecule has 0 radical (unpaired) electrons. The van der Waals surface area contributed by atoms with Crippen LogP contribution in [0, 0.1) is 0 Å². The van der Waals surface area contributed by atoms with Crippen LogP contribution in [0.25, 0.3) is 11.6 Å². The lowest BCUT2D eigenvalue weighted by Gasteiger charge is -2.21. The molecule has 1 fully saturated rings. The van der Waals surface area contributed by atoms with Crippen molar-refractivity contribution in [2.45, 2.75) is 25.6 Å². The summed E-state index contributed by atoms with van der Waals surface area (Å²) >= 11 is 1.22. The molecule has 0 aromatic carbocycles. The molecule has 2 aromatic heterocycles. The molecule has 8 heteroatoms. The third-order valence-corrected chi connectivity index (χ3v) is 5.11. The van der Waals surface area contributed by atoms with E-state index in [4.69, 9.17) is 9.57 Å². The number of fused-ring (bicyclic) bond motifs is 1. The van der Waals surface area contributed by atoms with Crippen LogP contribution in [0.3, 0.4) is 0 Å². The van der Waals surface area contributed by atoms with Crippen molar-refractivity contribution >= 4 is 39.8 Å². The van der Waals surface area contributed by atoms with Gasteiger partial charge in [0.25, 0.3) is 11.8 Å². The summed E-state index contributed by atoms with van der Waals surface area (Å²) in [7, 11) is 0. The molecule has 1 atom stereocenters. The molecule has 7 nitrogen and oxygen atoms in total. The molecule has 1 saturated heterocycles. The molecule has 130 valence electrons. The Morgan fingerprint density at radius 2 is 2.36 bits per heavy atom. The molecule has 4 heterocycles. The van der Waals surface area contributed by atoms with E-state index in [2.05, 4.69) is 15.8 Å². The minimum Gasteiger partial charge on any atom is -0.362 e. The van der Waals surface area contributed by atoms with Crippen molar-refractivity contribution in [3.05, 3.63) is 40.5 Å². The van der Waals surface area contributed by atoms with Crippen molar-refractivity contribution in [1.29, 1.82) is 0 Å². The first-order valence-corrected chi connectivity index (χ1v) is 8.90. The van der Waals surface area contributed by atoms with E-state index >= 15 is 0 Å². The number of aromatic amines is 1. The molecule has 0 saturated carbocycles. The van der Waals surface area contributed by atoms with Crippen LogP contribution in [0.4, 0.5) is 5.00 Å². The molecule has 2 amide bonds. The first-order chi connectivity index (χ1) is 12.2. The molecular formula is C17H17N3O4S. The summed E-state index contributed by atoms with van der Waals surface area (Å²) in [6.45, 7) is 0.646. The number of thiophene rings is 1. The summed E-state index contributed by atoms with van der Waals surface area (Å²) in [6, 6.07) is 5.43. The van der Waals surface area contributed by atoms with Gasteiger partial charge in [-0.3, -0.25) is 9.59 Å². The summed E-state index contributed by atoms with van der Waals surface area (Å²) in [5.74, 6) is -0.517. The van der Waals surface area contributed by atoms with Crippen LogP contribution >= 0.6 is 11.3 Å². The van der Waals surface area contributed by atoms with E-state index in [0.717, 1.165) is 30.5 Å². The Balaban J connectivity index is 1.47. The predicted molar refractivity (Wildman–Crippen MR) is 93.8 cm³/mol. The van der Waals surface area contributed by atoms with Gasteiger partial charge >= 0.3 is 0 Å². The third-order valence-electron chi connectivity index (χ3n) is 4.06. The summed E-state index contributed by atoms with van der Waals surface area (Å²) in [4.78, 5) is 33.2. The summed E-state index contributed by atoms with van der Waals surface area (Å²) < 4.78 is 5.41. The number of ether oxygens (including phenoxy) is 1. The molecule has 1 unspecified atom stereocenters. The number of amides is 2. The smallest absolute Gasteiger partial charge is 0.285 e. The maximum atomic E-state index is 12.3. The van der Waals surface area contributed by atoms with E-state index in [1.807, 2.05) is 12.1 Å². The van der Waals surface area contributed by atoms with Crippen molar-refractivity contribution in [2.75, 3.05) is 11.9 Å². The first-order valence-electron chi connectivity index (χ1n) is 8.09. The predicted octanol–water partition coefficient (Wildman–Crippen LogP) is 2.76. The quantitative estimate of drug-likeness (QED) is 0.578. The maximum Gasteiger partial charge on any atom is 0.285 e. The van der Waals surface area contributed by atoms with Crippen LogP contribution in [0.1, 0.15) is 40.2 Å². The zero-order valence-corrected chi connectivity index (χ0v) is 14.2. The number of carbonyl (C=O) groups is 2. The highest BCUT2D eigenvalue weighted by Crippen LogP contribution is 2.39. The van der Waals surface area contributed by atoms with E-state index in [0.29, 0.717) is 22.1 Å². The SMILES string of the molecule is O=C1Nc2sc(C(=O)NOC3CCCCO3)cc2/C1=C/c1ccc[nH]1. The van der Waals surface area contributed by atoms with Gasteiger partial charge in [-0.25, -0.2) is 10.3 Å². The highest BCUT2D eigenvalue weighted by atomic mass is 32.1. The van der Waals surface area contributed by atoms with Crippen molar-refractivity contribution in [3.8, 4) is 0 Å². The lowest BCUT2D eigenvalue weighted by molar-refractivity contribution is -0.186. The van der Waals surface area contributed by atoms with E-state index in [1.54, 1.807) is 18.3 Å². The second kappa shape index (κ2) is 6.83. The zero-order chi connectivity index (χ0) is 17.2. The number of hydrogen-bond acceptors (Lipinski definition) is 5. The van der Waals surface area contributed by atoms with E-state index in [-0.39, 0.29) is 11.8 Å². The fraction of sp³-hybridized carbons (Fsp3) is 0.294. The fourth-order valence-corrected chi connectivity index (χ4v) is 3.75. The normalized spacial score (nSPS) is 21.2. The Kier molecular flexibility index (Phi) is 4.39. The van der Waals surface area contributed by atoms with Crippen LogP contribution < -0.4 is 10.8 Å². The molecule has 0 bridgehead atoms. The van der Waals surface area contributed by atoms with E-state index in [1.165, 1.54) is 11.3 Å². The molecule has 0 spiro atoms. The summed E-state index contributed by atoms with van der Waals surface area (Å²) in [5, 5.41) is 3.46. The standard InChI is InChI=1S/C17H17N3O4S/c21-15-11(8-10-4-3-6-18-10)12-9-13(25-17(12)19-15)16(22)20-24-14-5-1-2-7-23-14/h3-4,6,8-9,14,18H,1-2,5,7H2,(H,19,21)(H,20,22)/b11-8-. The van der Waals surface area contributed by atoms with Crippen molar-refractivity contribution < 1.29 is 19.2 Å². The number of H-pyrrole nitrogens is 1. The summed E-state index contributed by atoms with van der Waals surface area (Å²) in [6.07, 6.45) is 5.96. The summed E-state index contributed by atoms with van der Waals surface area (Å²) in [5.41, 5.74) is 4.52. The molecule has 2 aliphatic rings. The van der Waals surface area contributed by atoms with Gasteiger partial charge in [0.05, 0.1) is 10.5 Å². The van der Waals surface area contributed by atoms with E-state index in [9.17, 15) is 9.59 Å². The number of nitrogens with one attached hydrogen (secondary N) is 3. The minimum atomic E-state index is -0.396. The Morgan fingerprint density at radius 1 is 1.44 bits per heavy atom. The number of hydroxylamine groups is 1. The number of rotatable bonds is 4. The van der Waals surface area contributed by atoms with Crippen molar-refractivity contribution in [3.63, 3.8) is 0 Å². The van der Waals surface area contributed by atoms with Gasteiger partial charge in [-0.2, -0.15) is 0 Å². The second-order valence-electron chi connectivity index (χ2n) is 5.84. The van der Waals surface area contributed by atoms with Crippen LogP contribution in [-0.2, 0) is 14.4 Å². The van der Waals surface area contributed by atoms with E-state index < -0.39 is 6.29 Å². The van der Waals surface area contributed by atoms with Gasteiger partial charge in [0.2, 0.25) is 0 Å². The Morgan fingerprint density at radius 3 is 3.12 bits per heavy atom. The van der Waals surface area contributed by atoms with Gasteiger partial charge in [0, 0.05) is 30.5 Å². The topological polar surface area (TPSA) is 92.5 Å². The molecule has 2 aliphatic heterocycles. The van der Waals surface area contributed by atoms with Crippen molar-refractivity contribution in [1.82, 2.24) is 10.5 Å². The van der Waals surface area contributed by atoms with Gasteiger partial charge in [-0.05, 0) is 37.1 Å². The zero-order valence-electron chi connectivity index (χ0n) is 13.3. The van der Waals surface area contributed by atoms with Crippen molar-refractivity contribution in [2.24, 2.45) is 0 Å². The highest BCUT2D eigenvalue weighted by molar-refractivity contribution is 7.18. The lowest BCUT2D eigenvalue weighted by atomic mass is 10.1. The van der Waals surface area contributed by atoms with Gasteiger partial charge in [0.15, 0.2) is 6.29 Å². The number of carbonyl (C=O) groups excluding carboxylic acids is 2. The maximum absolute atomic E-state index is 12.3. The second-order valence-corrected chi connectivity index (χ2v) is 6.89. The molecule has 0 aliphatic carbocycles. The van der Waals surface area contributed by atoms with Gasteiger partial charge in [-0.15, -0.1) is 11.3 Å².